The predicted octanol–water partition coefficient (Wildman–Crippen LogP) is 0.0685. The number of hydrogen-bond donors (Lipinski definition) is 3. The minimum Gasteiger partial charge on any atom is -0.396 e. The third-order valence-corrected chi connectivity index (χ3v) is 3.03. The molecule has 0 saturated heterocycles. The van der Waals surface area contributed by atoms with Gasteiger partial charge in [0.15, 0.2) is 0 Å². The minimum absolute atomic E-state index is 0.0853. The number of aliphatic hydroxyl groups is 3. The maximum atomic E-state index is 9.99. The minimum atomic E-state index is -1.22. The second-order valence-corrected chi connectivity index (χ2v) is 4.62. The SMILES string of the molecule is CCCC(C(CO)C(C)(O)CO)N(C)C. The van der Waals surface area contributed by atoms with Crippen molar-refractivity contribution in [2.24, 2.45) is 5.92 Å². The van der Waals surface area contributed by atoms with Gasteiger partial charge in [-0.1, -0.05) is 13.3 Å². The number of nitrogens with zero attached hydrogens (tertiary/aromatic N) is 1. The molecule has 0 aliphatic heterocycles. The van der Waals surface area contributed by atoms with Crippen LogP contribution in [0.25, 0.3) is 0 Å². The summed E-state index contributed by atoms with van der Waals surface area (Å²) in [5.41, 5.74) is -1.22. The van der Waals surface area contributed by atoms with E-state index in [9.17, 15) is 10.2 Å². The quantitative estimate of drug-likeness (QED) is 0.567. The Morgan fingerprint density at radius 2 is 1.80 bits per heavy atom. The molecule has 4 heteroatoms. The largest absolute Gasteiger partial charge is 0.396 e. The van der Waals surface area contributed by atoms with Crippen LogP contribution >= 0.6 is 0 Å². The van der Waals surface area contributed by atoms with Crippen LogP contribution in [-0.2, 0) is 0 Å². The molecular formula is C11H25NO3. The molecule has 3 atom stereocenters. The van der Waals surface area contributed by atoms with Crippen molar-refractivity contribution in [3.8, 4) is 0 Å². The Morgan fingerprint density at radius 3 is 2.07 bits per heavy atom. The van der Waals surface area contributed by atoms with Crippen LogP contribution in [0.4, 0.5) is 0 Å². The average Bonchev–Trinajstić information content (AvgIpc) is 2.17. The lowest BCUT2D eigenvalue weighted by molar-refractivity contribution is -0.0887. The molecule has 0 fully saturated rings. The van der Waals surface area contributed by atoms with Crippen molar-refractivity contribution in [2.45, 2.75) is 38.3 Å². The van der Waals surface area contributed by atoms with E-state index < -0.39 is 5.60 Å². The lowest BCUT2D eigenvalue weighted by Gasteiger charge is -2.39. The van der Waals surface area contributed by atoms with Crippen molar-refractivity contribution in [2.75, 3.05) is 27.3 Å². The highest BCUT2D eigenvalue weighted by Crippen LogP contribution is 2.25. The number of hydrogen-bond acceptors (Lipinski definition) is 4. The van der Waals surface area contributed by atoms with Crippen LogP contribution in [0.15, 0.2) is 0 Å². The van der Waals surface area contributed by atoms with Crippen LogP contribution < -0.4 is 0 Å². The molecule has 3 unspecified atom stereocenters. The highest BCUT2D eigenvalue weighted by Gasteiger charge is 2.37. The Kier molecular flexibility index (Phi) is 6.36. The molecule has 0 rings (SSSR count). The van der Waals surface area contributed by atoms with Crippen molar-refractivity contribution < 1.29 is 15.3 Å². The zero-order valence-electron chi connectivity index (χ0n) is 10.3. The second-order valence-electron chi connectivity index (χ2n) is 4.62. The Balaban J connectivity index is 4.73. The van der Waals surface area contributed by atoms with Crippen LogP contribution in [0.5, 0.6) is 0 Å². The summed E-state index contributed by atoms with van der Waals surface area (Å²) < 4.78 is 0. The first-order valence-corrected chi connectivity index (χ1v) is 5.51. The van der Waals surface area contributed by atoms with Gasteiger partial charge in [-0.25, -0.2) is 0 Å². The van der Waals surface area contributed by atoms with Gasteiger partial charge in [-0.05, 0) is 27.4 Å². The fraction of sp³-hybridized carbons (Fsp3) is 1.00. The van der Waals surface area contributed by atoms with E-state index in [-0.39, 0.29) is 25.2 Å². The molecule has 0 aliphatic rings. The first kappa shape index (κ1) is 14.8. The highest BCUT2D eigenvalue weighted by molar-refractivity contribution is 4.89. The molecular weight excluding hydrogens is 194 g/mol. The third kappa shape index (κ3) is 4.07. The van der Waals surface area contributed by atoms with E-state index in [0.717, 1.165) is 12.8 Å². The molecule has 0 radical (unpaired) electrons. The molecule has 4 nitrogen and oxygen atoms in total. The normalized spacial score (nSPS) is 20.0. The lowest BCUT2D eigenvalue weighted by atomic mass is 9.82. The van der Waals surface area contributed by atoms with E-state index in [1.165, 1.54) is 0 Å². The van der Waals surface area contributed by atoms with Crippen LogP contribution in [-0.4, -0.2) is 59.2 Å². The predicted molar refractivity (Wildman–Crippen MR) is 60.7 cm³/mol. The zero-order valence-corrected chi connectivity index (χ0v) is 10.3. The van der Waals surface area contributed by atoms with E-state index in [4.69, 9.17) is 5.11 Å². The summed E-state index contributed by atoms with van der Waals surface area (Å²) in [6.07, 6.45) is 1.88. The van der Waals surface area contributed by atoms with Crippen LogP contribution in [0, 0.1) is 5.92 Å². The Hall–Kier alpha value is -0.160. The molecule has 0 amide bonds. The van der Waals surface area contributed by atoms with Crippen LogP contribution in [0.1, 0.15) is 26.7 Å². The van der Waals surface area contributed by atoms with Crippen LogP contribution in [0.2, 0.25) is 0 Å². The molecule has 0 spiro atoms. The van der Waals surface area contributed by atoms with Gasteiger partial charge in [0.1, 0.15) is 0 Å². The molecule has 0 saturated carbocycles. The number of aliphatic hydroxyl groups excluding tert-OH is 2. The molecule has 0 aromatic heterocycles. The first-order valence-electron chi connectivity index (χ1n) is 5.51. The molecule has 0 heterocycles. The van der Waals surface area contributed by atoms with E-state index in [0.29, 0.717) is 0 Å². The molecule has 0 aromatic carbocycles. The molecule has 0 aliphatic carbocycles. The Morgan fingerprint density at radius 1 is 1.27 bits per heavy atom. The summed E-state index contributed by atoms with van der Waals surface area (Å²) in [7, 11) is 3.85. The first-order chi connectivity index (χ1) is 6.90. The summed E-state index contributed by atoms with van der Waals surface area (Å²) in [4.78, 5) is 1.99. The summed E-state index contributed by atoms with van der Waals surface area (Å²) in [6.45, 7) is 3.20. The van der Waals surface area contributed by atoms with E-state index in [1.807, 2.05) is 19.0 Å². The molecule has 3 N–H and O–H groups in total. The fourth-order valence-electron chi connectivity index (χ4n) is 1.97. The summed E-state index contributed by atoms with van der Waals surface area (Å²) in [5, 5.41) is 28.4. The van der Waals surface area contributed by atoms with E-state index in [1.54, 1.807) is 6.92 Å². The van der Waals surface area contributed by atoms with Gasteiger partial charge in [0, 0.05) is 12.0 Å². The monoisotopic (exact) mass is 219 g/mol. The summed E-state index contributed by atoms with van der Waals surface area (Å²) in [5.74, 6) is -0.322. The molecule has 92 valence electrons. The van der Waals surface area contributed by atoms with Crippen molar-refractivity contribution >= 4 is 0 Å². The number of rotatable bonds is 7. The average molecular weight is 219 g/mol. The van der Waals surface area contributed by atoms with E-state index in [2.05, 4.69) is 6.92 Å². The van der Waals surface area contributed by atoms with Gasteiger partial charge in [0.05, 0.1) is 18.8 Å². The van der Waals surface area contributed by atoms with Gasteiger partial charge in [-0.15, -0.1) is 0 Å². The zero-order chi connectivity index (χ0) is 12.1. The second kappa shape index (κ2) is 6.43. The van der Waals surface area contributed by atoms with Crippen molar-refractivity contribution in [1.82, 2.24) is 4.90 Å². The van der Waals surface area contributed by atoms with Crippen molar-refractivity contribution in [3.05, 3.63) is 0 Å². The van der Waals surface area contributed by atoms with Gasteiger partial charge in [0.2, 0.25) is 0 Å². The van der Waals surface area contributed by atoms with Crippen LogP contribution in [0.3, 0.4) is 0 Å². The van der Waals surface area contributed by atoms with Crippen molar-refractivity contribution in [1.29, 1.82) is 0 Å². The van der Waals surface area contributed by atoms with Gasteiger partial charge in [-0.3, -0.25) is 0 Å². The highest BCUT2D eigenvalue weighted by atomic mass is 16.3. The Bertz CT molecular complexity index is 171. The topological polar surface area (TPSA) is 63.9 Å². The van der Waals surface area contributed by atoms with E-state index >= 15 is 0 Å². The maximum Gasteiger partial charge on any atom is 0.0914 e. The molecule has 15 heavy (non-hydrogen) atoms. The fourth-order valence-corrected chi connectivity index (χ4v) is 1.97. The van der Waals surface area contributed by atoms with Crippen molar-refractivity contribution in [3.63, 3.8) is 0 Å². The Labute approximate surface area is 92.5 Å². The maximum absolute atomic E-state index is 9.99. The summed E-state index contributed by atoms with van der Waals surface area (Å²) in [6, 6.07) is 0.0853. The van der Waals surface area contributed by atoms with Gasteiger partial charge in [0.25, 0.3) is 0 Å². The lowest BCUT2D eigenvalue weighted by Crippen LogP contribution is -2.51. The van der Waals surface area contributed by atoms with Gasteiger partial charge >= 0.3 is 0 Å². The van der Waals surface area contributed by atoms with Gasteiger partial charge in [-0.2, -0.15) is 0 Å². The summed E-state index contributed by atoms with van der Waals surface area (Å²) >= 11 is 0. The molecule has 0 bridgehead atoms. The third-order valence-electron chi connectivity index (χ3n) is 3.03. The molecule has 0 aromatic rings. The smallest absolute Gasteiger partial charge is 0.0914 e. The van der Waals surface area contributed by atoms with Gasteiger partial charge < -0.3 is 20.2 Å². The standard InChI is InChI=1S/C11H25NO3/c1-5-6-10(12(3)4)9(7-13)11(2,15)8-14/h9-10,13-15H,5-8H2,1-4H3.